The molecule has 0 aliphatic heterocycles. The van der Waals surface area contributed by atoms with Crippen molar-refractivity contribution in [3.05, 3.63) is 30.1 Å². The van der Waals surface area contributed by atoms with Gasteiger partial charge in [0.1, 0.15) is 0 Å². The van der Waals surface area contributed by atoms with E-state index >= 15 is 0 Å². The molecule has 1 aromatic carbocycles. The molecule has 4 rings (SSSR count). The summed E-state index contributed by atoms with van der Waals surface area (Å²) in [6.45, 7) is 0. The first-order valence-electron chi connectivity index (χ1n) is 9.89. The van der Waals surface area contributed by atoms with Gasteiger partial charge in [-0.2, -0.15) is 0 Å². The van der Waals surface area contributed by atoms with Crippen LogP contribution in [0.15, 0.2) is 18.2 Å². The zero-order chi connectivity index (χ0) is 17.3. The summed E-state index contributed by atoms with van der Waals surface area (Å²) in [5.41, 5.74) is 8.55. The molecule has 0 unspecified atom stereocenters. The number of primary amides is 1. The number of carbonyl (C=O) groups is 1. The fraction of sp³-hybridized carbons (Fsp3) is 0.619. The first kappa shape index (κ1) is 16.6. The number of para-hydroxylation sites is 1. The maximum absolute atomic E-state index is 13.2. The average molecular weight is 338 g/mol. The molecule has 4 nitrogen and oxygen atoms in total. The largest absolute Gasteiger partial charge is 0.369 e. The van der Waals surface area contributed by atoms with E-state index in [0.717, 1.165) is 42.3 Å². The van der Waals surface area contributed by atoms with Crippen molar-refractivity contribution in [3.63, 3.8) is 0 Å². The van der Waals surface area contributed by atoms with Crippen LogP contribution in [-0.4, -0.2) is 15.9 Å². The summed E-state index contributed by atoms with van der Waals surface area (Å²) in [5, 5.41) is 0. The monoisotopic (exact) mass is 338 g/mol. The number of fused-ring (bicyclic) bond motifs is 1. The molecule has 3 N–H and O–H groups in total. The van der Waals surface area contributed by atoms with E-state index in [2.05, 4.69) is 22.4 Å². The second-order valence-corrected chi connectivity index (χ2v) is 7.95. The molecule has 25 heavy (non-hydrogen) atoms. The number of nitrogens with two attached hydrogens (primary N) is 1. The third kappa shape index (κ3) is 2.66. The van der Waals surface area contributed by atoms with E-state index in [4.69, 9.17) is 5.73 Å². The summed E-state index contributed by atoms with van der Waals surface area (Å²) in [6.07, 6.45) is 14.6. The van der Waals surface area contributed by atoms with Crippen LogP contribution in [0.2, 0.25) is 0 Å². The van der Waals surface area contributed by atoms with Crippen molar-refractivity contribution in [2.24, 2.45) is 17.6 Å². The molecular weight excluding hydrogens is 310 g/mol. The summed E-state index contributed by atoms with van der Waals surface area (Å²) in [7, 11) is 0. The molecule has 2 saturated carbocycles. The number of amides is 1. The Morgan fingerprint density at radius 3 is 2.20 bits per heavy atom. The highest BCUT2D eigenvalue weighted by molar-refractivity contribution is 5.93. The van der Waals surface area contributed by atoms with E-state index in [-0.39, 0.29) is 5.91 Å². The third-order valence-corrected chi connectivity index (χ3v) is 6.75. The van der Waals surface area contributed by atoms with Crippen molar-refractivity contribution in [2.75, 3.05) is 0 Å². The first-order valence-corrected chi connectivity index (χ1v) is 9.89. The SMILES string of the molecule is NC(=O)C(c1cccc2[nH][c]nc12)(C1CCCCC1)C1CCCCC1. The standard InChI is InChI=1S/C21H28N3O/c22-20(25)21(15-8-3-1-4-9-15,16-10-5-2-6-11-16)17-12-7-13-18-19(17)24-14-23-18/h7,12-13,15-16H,1-6,8-11H2,(H2,22,25)(H,23,24). The van der Waals surface area contributed by atoms with Gasteiger partial charge >= 0.3 is 0 Å². The van der Waals surface area contributed by atoms with Gasteiger partial charge in [-0.25, -0.2) is 4.98 Å². The van der Waals surface area contributed by atoms with Crippen LogP contribution < -0.4 is 5.73 Å². The molecule has 0 spiro atoms. The molecule has 0 atom stereocenters. The zero-order valence-corrected chi connectivity index (χ0v) is 14.9. The summed E-state index contributed by atoms with van der Waals surface area (Å²) in [5.74, 6) is 0.537. The number of aromatic amines is 1. The van der Waals surface area contributed by atoms with E-state index in [1.54, 1.807) is 0 Å². The minimum absolute atomic E-state index is 0.137. The highest BCUT2D eigenvalue weighted by atomic mass is 16.1. The molecule has 2 fully saturated rings. The van der Waals surface area contributed by atoms with E-state index in [0.29, 0.717) is 11.8 Å². The summed E-state index contributed by atoms with van der Waals surface area (Å²) < 4.78 is 0. The quantitative estimate of drug-likeness (QED) is 0.875. The van der Waals surface area contributed by atoms with Crippen LogP contribution in [0.25, 0.3) is 11.0 Å². The molecule has 133 valence electrons. The van der Waals surface area contributed by atoms with Crippen molar-refractivity contribution in [1.82, 2.24) is 9.97 Å². The minimum Gasteiger partial charge on any atom is -0.369 e. The van der Waals surface area contributed by atoms with Crippen molar-refractivity contribution >= 4 is 16.9 Å². The van der Waals surface area contributed by atoms with Crippen molar-refractivity contribution in [2.45, 2.75) is 69.6 Å². The summed E-state index contributed by atoms with van der Waals surface area (Å²) >= 11 is 0. The highest BCUT2D eigenvalue weighted by Gasteiger charge is 2.52. The third-order valence-electron chi connectivity index (χ3n) is 6.75. The zero-order valence-electron chi connectivity index (χ0n) is 14.9. The molecule has 2 aliphatic rings. The maximum Gasteiger partial charge on any atom is 0.228 e. The highest BCUT2D eigenvalue weighted by Crippen LogP contribution is 2.51. The first-order chi connectivity index (χ1) is 12.2. The second-order valence-electron chi connectivity index (χ2n) is 7.95. The van der Waals surface area contributed by atoms with E-state index < -0.39 is 5.41 Å². The lowest BCUT2D eigenvalue weighted by Crippen LogP contribution is -2.53. The number of aromatic nitrogens is 2. The van der Waals surface area contributed by atoms with Crippen molar-refractivity contribution in [1.29, 1.82) is 0 Å². The minimum atomic E-state index is -0.580. The maximum atomic E-state index is 13.2. The van der Waals surface area contributed by atoms with Gasteiger partial charge in [0, 0.05) is 0 Å². The van der Waals surface area contributed by atoms with Crippen molar-refractivity contribution < 1.29 is 4.79 Å². The number of rotatable bonds is 4. The van der Waals surface area contributed by atoms with Crippen LogP contribution in [0, 0.1) is 18.2 Å². The number of H-pyrrole nitrogens is 1. The number of nitrogens with zero attached hydrogens (tertiary/aromatic N) is 1. The molecule has 0 bridgehead atoms. The molecule has 1 radical (unpaired) electrons. The number of hydrogen-bond acceptors (Lipinski definition) is 2. The Bertz CT molecular complexity index is 720. The topological polar surface area (TPSA) is 71.8 Å². The molecular formula is C21H28N3O. The van der Waals surface area contributed by atoms with Crippen molar-refractivity contribution in [3.8, 4) is 0 Å². The van der Waals surface area contributed by atoms with Crippen LogP contribution >= 0.6 is 0 Å². The van der Waals surface area contributed by atoms with Crippen LogP contribution in [0.5, 0.6) is 0 Å². The Balaban J connectivity index is 1.92. The Labute approximate surface area is 149 Å². The van der Waals surface area contributed by atoms with E-state index in [9.17, 15) is 4.79 Å². The van der Waals surface area contributed by atoms with Gasteiger partial charge in [-0.05, 0) is 49.1 Å². The van der Waals surface area contributed by atoms with Gasteiger partial charge in [0.05, 0.1) is 16.4 Å². The molecule has 1 amide bonds. The van der Waals surface area contributed by atoms with Crippen LogP contribution in [0.4, 0.5) is 0 Å². The Kier molecular flexibility index (Phi) is 4.53. The second kappa shape index (κ2) is 6.81. The molecule has 0 saturated heterocycles. The van der Waals surface area contributed by atoms with Gasteiger partial charge in [-0.3, -0.25) is 4.79 Å². The van der Waals surface area contributed by atoms with E-state index in [1.807, 2.05) is 12.1 Å². The molecule has 1 heterocycles. The fourth-order valence-electron chi connectivity index (χ4n) is 5.67. The van der Waals surface area contributed by atoms with Crippen LogP contribution in [0.3, 0.4) is 0 Å². The average Bonchev–Trinajstić information content (AvgIpc) is 3.13. The number of benzene rings is 1. The summed E-state index contributed by atoms with van der Waals surface area (Å²) in [6, 6.07) is 6.15. The van der Waals surface area contributed by atoms with E-state index in [1.165, 1.54) is 38.5 Å². The normalized spacial score (nSPS) is 20.8. The number of carbonyl (C=O) groups excluding carboxylic acids is 1. The molecule has 2 aliphatic carbocycles. The predicted octanol–water partition coefficient (Wildman–Crippen LogP) is 4.25. The lowest BCUT2D eigenvalue weighted by atomic mass is 9.55. The summed E-state index contributed by atoms with van der Waals surface area (Å²) in [4.78, 5) is 20.7. The van der Waals surface area contributed by atoms with Crippen LogP contribution in [-0.2, 0) is 10.2 Å². The molecule has 1 aromatic heterocycles. The van der Waals surface area contributed by atoms with Gasteiger partial charge in [-0.15, -0.1) is 0 Å². The molecule has 2 aromatic rings. The van der Waals surface area contributed by atoms with Gasteiger partial charge in [0.25, 0.3) is 0 Å². The smallest absolute Gasteiger partial charge is 0.228 e. The van der Waals surface area contributed by atoms with Gasteiger partial charge in [0.15, 0.2) is 6.33 Å². The lowest BCUT2D eigenvalue weighted by Gasteiger charge is -2.47. The fourth-order valence-corrected chi connectivity index (χ4v) is 5.67. The number of hydrogen-bond donors (Lipinski definition) is 2. The molecule has 4 heteroatoms. The number of imidazole rings is 1. The van der Waals surface area contributed by atoms with Gasteiger partial charge in [-0.1, -0.05) is 50.7 Å². The van der Waals surface area contributed by atoms with Gasteiger partial charge < -0.3 is 10.7 Å². The Morgan fingerprint density at radius 2 is 1.64 bits per heavy atom. The Morgan fingerprint density at radius 1 is 1.04 bits per heavy atom. The lowest BCUT2D eigenvalue weighted by molar-refractivity contribution is -0.129. The van der Waals surface area contributed by atoms with Gasteiger partial charge in [0.2, 0.25) is 5.91 Å². The van der Waals surface area contributed by atoms with Crippen LogP contribution in [0.1, 0.15) is 69.8 Å². The number of nitrogens with one attached hydrogen (secondary N) is 1. The Hall–Kier alpha value is -1.84. The predicted molar refractivity (Wildman–Crippen MR) is 99.0 cm³/mol.